The van der Waals surface area contributed by atoms with Gasteiger partial charge in [-0.1, -0.05) is 80.6 Å². The molecular formula is C30H34N2O3. The minimum atomic E-state index is -0.161. The Hall–Kier alpha value is -3.60. The number of carbonyl (C=O) groups is 2. The van der Waals surface area contributed by atoms with E-state index in [2.05, 4.69) is 32.0 Å². The number of amides is 2. The lowest BCUT2D eigenvalue weighted by Crippen LogP contribution is -2.41. The monoisotopic (exact) mass is 470 g/mol. The van der Waals surface area contributed by atoms with Crippen LogP contribution in [0.1, 0.15) is 48.6 Å². The van der Waals surface area contributed by atoms with Crippen molar-refractivity contribution in [2.24, 2.45) is 5.92 Å². The predicted octanol–water partition coefficient (Wildman–Crippen LogP) is 5.24. The largest absolute Gasteiger partial charge is 0.484 e. The van der Waals surface area contributed by atoms with Gasteiger partial charge in [0.2, 0.25) is 5.91 Å². The first kappa shape index (κ1) is 24.5. The van der Waals surface area contributed by atoms with Crippen LogP contribution in [0.3, 0.4) is 0 Å². The van der Waals surface area contributed by atoms with Crippen molar-refractivity contribution in [2.75, 3.05) is 20.2 Å². The predicted molar refractivity (Wildman–Crippen MR) is 138 cm³/mol. The first-order chi connectivity index (χ1) is 16.9. The lowest BCUT2D eigenvalue weighted by Gasteiger charge is -2.38. The van der Waals surface area contributed by atoms with E-state index in [0.29, 0.717) is 31.2 Å². The number of carbonyl (C=O) groups excluding carboxylic acids is 2. The average molecular weight is 471 g/mol. The van der Waals surface area contributed by atoms with Gasteiger partial charge in [-0.05, 0) is 46.7 Å². The summed E-state index contributed by atoms with van der Waals surface area (Å²) < 4.78 is 5.94. The molecule has 4 rings (SSSR count). The number of ether oxygens (including phenoxy) is 1. The summed E-state index contributed by atoms with van der Waals surface area (Å²) >= 11 is 0. The van der Waals surface area contributed by atoms with Crippen LogP contribution in [0.25, 0.3) is 0 Å². The van der Waals surface area contributed by atoms with Gasteiger partial charge < -0.3 is 14.5 Å². The number of benzene rings is 3. The van der Waals surface area contributed by atoms with Crippen molar-refractivity contribution in [3.05, 3.63) is 101 Å². The van der Waals surface area contributed by atoms with E-state index in [9.17, 15) is 9.59 Å². The maximum absolute atomic E-state index is 13.2. The third-order valence-electron chi connectivity index (χ3n) is 6.41. The van der Waals surface area contributed by atoms with Gasteiger partial charge in [0.15, 0.2) is 6.61 Å². The van der Waals surface area contributed by atoms with E-state index in [-0.39, 0.29) is 24.5 Å². The second-order valence-corrected chi connectivity index (χ2v) is 9.63. The average Bonchev–Trinajstić information content (AvgIpc) is 2.87. The van der Waals surface area contributed by atoms with Gasteiger partial charge >= 0.3 is 0 Å². The molecule has 0 radical (unpaired) electrons. The molecule has 0 aromatic heterocycles. The summed E-state index contributed by atoms with van der Waals surface area (Å²) in [6.45, 7) is 5.35. The molecule has 3 aromatic rings. The summed E-state index contributed by atoms with van der Waals surface area (Å²) in [6.07, 6.45) is 1.33. The van der Waals surface area contributed by atoms with Crippen molar-refractivity contribution in [3.8, 4) is 5.75 Å². The maximum Gasteiger partial charge on any atom is 0.260 e. The molecule has 1 atom stereocenters. The highest BCUT2D eigenvalue weighted by Gasteiger charge is 2.32. The van der Waals surface area contributed by atoms with Gasteiger partial charge in [0.1, 0.15) is 5.75 Å². The van der Waals surface area contributed by atoms with E-state index in [1.165, 1.54) is 5.56 Å². The van der Waals surface area contributed by atoms with Gasteiger partial charge in [0.25, 0.3) is 5.91 Å². The molecule has 1 aliphatic heterocycles. The Morgan fingerprint density at radius 3 is 2.37 bits per heavy atom. The third-order valence-corrected chi connectivity index (χ3v) is 6.41. The first-order valence-corrected chi connectivity index (χ1v) is 12.3. The summed E-state index contributed by atoms with van der Waals surface area (Å²) in [5, 5.41) is 0. The maximum atomic E-state index is 13.2. The minimum absolute atomic E-state index is 0.0336. The minimum Gasteiger partial charge on any atom is -0.484 e. The molecular weight excluding hydrogens is 436 g/mol. The van der Waals surface area contributed by atoms with Crippen LogP contribution in [0.4, 0.5) is 0 Å². The van der Waals surface area contributed by atoms with Crippen LogP contribution in [-0.4, -0.2) is 41.8 Å². The molecule has 1 heterocycles. The van der Waals surface area contributed by atoms with E-state index in [0.717, 1.165) is 23.1 Å². The first-order valence-electron chi connectivity index (χ1n) is 12.3. The van der Waals surface area contributed by atoms with Crippen molar-refractivity contribution in [1.29, 1.82) is 0 Å². The quantitative estimate of drug-likeness (QED) is 0.452. The highest BCUT2D eigenvalue weighted by atomic mass is 16.5. The lowest BCUT2D eigenvalue weighted by molar-refractivity contribution is -0.134. The molecule has 35 heavy (non-hydrogen) atoms. The van der Waals surface area contributed by atoms with Gasteiger partial charge in [-0.2, -0.15) is 0 Å². The Morgan fingerprint density at radius 2 is 1.69 bits per heavy atom. The number of hydrogen-bond acceptors (Lipinski definition) is 3. The van der Waals surface area contributed by atoms with E-state index in [4.69, 9.17) is 4.74 Å². The summed E-state index contributed by atoms with van der Waals surface area (Å²) in [6, 6.07) is 25.9. The SMILES string of the molecule is CC(C)CC(=O)N1CCc2ccc(OCC(=O)N(C)Cc3ccccc3)cc2[C@H]1c1ccccc1. The molecule has 0 bridgehead atoms. The zero-order valence-corrected chi connectivity index (χ0v) is 20.8. The Balaban J connectivity index is 1.52. The van der Waals surface area contributed by atoms with Crippen LogP contribution >= 0.6 is 0 Å². The fourth-order valence-corrected chi connectivity index (χ4v) is 4.61. The normalized spacial score (nSPS) is 15.0. The fourth-order valence-electron chi connectivity index (χ4n) is 4.61. The number of hydrogen-bond donors (Lipinski definition) is 0. The molecule has 0 N–H and O–H groups in total. The highest BCUT2D eigenvalue weighted by molar-refractivity contribution is 5.78. The Kier molecular flexibility index (Phi) is 7.86. The second kappa shape index (κ2) is 11.2. The van der Waals surface area contributed by atoms with Crippen LogP contribution in [0.2, 0.25) is 0 Å². The van der Waals surface area contributed by atoms with Crippen LogP contribution in [0.15, 0.2) is 78.9 Å². The molecule has 3 aromatic carbocycles. The second-order valence-electron chi connectivity index (χ2n) is 9.63. The van der Waals surface area contributed by atoms with Gasteiger partial charge in [-0.15, -0.1) is 0 Å². The van der Waals surface area contributed by atoms with E-state index >= 15 is 0 Å². The molecule has 5 heteroatoms. The zero-order chi connectivity index (χ0) is 24.8. The van der Waals surface area contributed by atoms with E-state index in [1.54, 1.807) is 11.9 Å². The van der Waals surface area contributed by atoms with Crippen LogP contribution in [0.5, 0.6) is 5.75 Å². The van der Waals surface area contributed by atoms with Crippen molar-refractivity contribution in [3.63, 3.8) is 0 Å². The zero-order valence-electron chi connectivity index (χ0n) is 20.8. The topological polar surface area (TPSA) is 49.9 Å². The van der Waals surface area contributed by atoms with Gasteiger partial charge in [-0.3, -0.25) is 9.59 Å². The lowest BCUT2D eigenvalue weighted by atomic mass is 9.87. The standard InChI is InChI=1S/C30H34N2O3/c1-22(2)18-28(33)32-17-16-24-14-15-26(19-27(24)30(32)25-12-8-5-9-13-25)35-21-29(34)31(3)20-23-10-6-4-7-11-23/h4-15,19,22,30H,16-18,20-21H2,1-3H3/t30-/m1/s1. The van der Waals surface area contributed by atoms with Gasteiger partial charge in [0, 0.05) is 26.6 Å². The van der Waals surface area contributed by atoms with Gasteiger partial charge in [0.05, 0.1) is 6.04 Å². The van der Waals surface area contributed by atoms with Crippen molar-refractivity contribution in [1.82, 2.24) is 9.80 Å². The molecule has 0 saturated heterocycles. The summed E-state index contributed by atoms with van der Waals surface area (Å²) in [5.74, 6) is 1.03. The number of likely N-dealkylation sites (N-methyl/N-ethyl adjacent to an activating group) is 1. The molecule has 1 aliphatic rings. The molecule has 0 saturated carbocycles. The molecule has 0 spiro atoms. The van der Waals surface area contributed by atoms with E-state index < -0.39 is 0 Å². The number of fused-ring (bicyclic) bond motifs is 1. The summed E-state index contributed by atoms with van der Waals surface area (Å²) in [4.78, 5) is 29.5. The summed E-state index contributed by atoms with van der Waals surface area (Å²) in [5.41, 5.74) is 4.45. The highest BCUT2D eigenvalue weighted by Crippen LogP contribution is 2.37. The summed E-state index contributed by atoms with van der Waals surface area (Å²) in [7, 11) is 1.79. The smallest absolute Gasteiger partial charge is 0.260 e. The molecule has 0 unspecified atom stereocenters. The van der Waals surface area contributed by atoms with Crippen LogP contribution < -0.4 is 4.74 Å². The van der Waals surface area contributed by atoms with Crippen molar-refractivity contribution in [2.45, 2.75) is 39.3 Å². The van der Waals surface area contributed by atoms with Crippen molar-refractivity contribution < 1.29 is 14.3 Å². The molecule has 5 nitrogen and oxygen atoms in total. The Bertz CT molecular complexity index is 1140. The third kappa shape index (κ3) is 6.10. The Labute approximate surface area is 208 Å². The number of nitrogens with zero attached hydrogens (tertiary/aromatic N) is 2. The van der Waals surface area contributed by atoms with Crippen LogP contribution in [0, 0.1) is 5.92 Å². The molecule has 182 valence electrons. The van der Waals surface area contributed by atoms with E-state index in [1.807, 2.05) is 65.6 Å². The Morgan fingerprint density at radius 1 is 1.00 bits per heavy atom. The molecule has 0 fully saturated rings. The number of rotatable bonds is 8. The van der Waals surface area contributed by atoms with Gasteiger partial charge in [-0.25, -0.2) is 0 Å². The van der Waals surface area contributed by atoms with Crippen molar-refractivity contribution >= 4 is 11.8 Å². The fraction of sp³-hybridized carbons (Fsp3) is 0.333. The van der Waals surface area contributed by atoms with Crippen LogP contribution in [-0.2, 0) is 22.6 Å². The molecule has 2 amide bonds. The molecule has 0 aliphatic carbocycles.